The first-order chi connectivity index (χ1) is 9.16. The Bertz CT molecular complexity index is 505. The Kier molecular flexibility index (Phi) is 4.34. The molecule has 0 radical (unpaired) electrons. The van der Waals surface area contributed by atoms with Gasteiger partial charge in [0.1, 0.15) is 17.4 Å². The van der Waals surface area contributed by atoms with E-state index in [9.17, 15) is 14.7 Å². The zero-order valence-corrected chi connectivity index (χ0v) is 10.5. The molecule has 0 saturated carbocycles. The lowest BCUT2D eigenvalue weighted by Gasteiger charge is -2.17. The molecule has 1 aliphatic carbocycles. The van der Waals surface area contributed by atoms with Gasteiger partial charge < -0.3 is 9.84 Å². The lowest BCUT2D eigenvalue weighted by molar-refractivity contribution is -0.114. The maximum Gasteiger partial charge on any atom is 0.342 e. The first-order valence-corrected chi connectivity index (χ1v) is 6.35. The Morgan fingerprint density at radius 2 is 2.11 bits per heavy atom. The molecule has 0 spiro atoms. The van der Waals surface area contributed by atoms with E-state index in [4.69, 9.17) is 4.74 Å². The zero-order valence-electron chi connectivity index (χ0n) is 10.5. The lowest BCUT2D eigenvalue weighted by Crippen LogP contribution is -2.19. The highest BCUT2D eigenvalue weighted by atomic mass is 16.5. The minimum absolute atomic E-state index is 0.0796. The summed E-state index contributed by atoms with van der Waals surface area (Å²) in [6.45, 7) is 0. The molecule has 0 aromatic heterocycles. The van der Waals surface area contributed by atoms with E-state index < -0.39 is 5.97 Å². The first-order valence-electron chi connectivity index (χ1n) is 6.35. The Hall–Kier alpha value is -2.10. The smallest absolute Gasteiger partial charge is 0.342 e. The number of hydrogen-bond donors (Lipinski definition) is 1. The Balaban J connectivity index is 2.01. The van der Waals surface area contributed by atoms with Crippen LogP contribution in [0.2, 0.25) is 0 Å². The van der Waals surface area contributed by atoms with Crippen molar-refractivity contribution in [3.05, 3.63) is 42.0 Å². The van der Waals surface area contributed by atoms with Crippen LogP contribution in [0.25, 0.3) is 0 Å². The number of allylic oxidation sites excluding steroid dienone is 1. The van der Waals surface area contributed by atoms with Crippen molar-refractivity contribution in [2.75, 3.05) is 0 Å². The van der Waals surface area contributed by atoms with Crippen molar-refractivity contribution in [2.45, 2.75) is 31.8 Å². The number of hydrogen-bond acceptors (Lipinski definition) is 4. The number of phenols is 1. The standard InChI is InChI=1S/C15H16O4/c16-11-5-3-7-12(8-4-6-11)19-15(18)13-9-1-2-10-14(13)17/h1-3,5,9-10,12,17H,4,6-8H2. The number of carbonyl (C=O) groups excluding carboxylic acids is 2. The van der Waals surface area contributed by atoms with Crippen molar-refractivity contribution in [3.8, 4) is 5.75 Å². The number of ether oxygens (including phenoxy) is 1. The number of esters is 1. The third-order valence-corrected chi connectivity index (χ3v) is 3.05. The van der Waals surface area contributed by atoms with Gasteiger partial charge in [-0.3, -0.25) is 4.79 Å². The molecule has 0 amide bonds. The van der Waals surface area contributed by atoms with E-state index in [0.29, 0.717) is 25.7 Å². The fourth-order valence-corrected chi connectivity index (χ4v) is 2.02. The van der Waals surface area contributed by atoms with E-state index in [-0.39, 0.29) is 23.2 Å². The second kappa shape index (κ2) is 6.18. The van der Waals surface area contributed by atoms with Gasteiger partial charge in [0.05, 0.1) is 0 Å². The molecule has 0 fully saturated rings. The highest BCUT2D eigenvalue weighted by Crippen LogP contribution is 2.20. The largest absolute Gasteiger partial charge is 0.507 e. The Labute approximate surface area is 111 Å². The SMILES string of the molecule is O=C1C=CCC(OC(=O)c2ccccc2O)CCC1. The summed E-state index contributed by atoms with van der Waals surface area (Å²) >= 11 is 0. The monoisotopic (exact) mass is 260 g/mol. The van der Waals surface area contributed by atoms with Crippen molar-refractivity contribution < 1.29 is 19.4 Å². The summed E-state index contributed by atoms with van der Waals surface area (Å²) in [7, 11) is 0. The highest BCUT2D eigenvalue weighted by molar-refractivity contribution is 5.92. The van der Waals surface area contributed by atoms with Gasteiger partial charge in [-0.2, -0.15) is 0 Å². The summed E-state index contributed by atoms with van der Waals surface area (Å²) in [6.07, 6.45) is 5.44. The first kappa shape index (κ1) is 13.3. The van der Waals surface area contributed by atoms with E-state index in [1.54, 1.807) is 24.3 Å². The molecule has 1 atom stereocenters. The van der Waals surface area contributed by atoms with Crippen LogP contribution in [0.5, 0.6) is 5.75 Å². The molecule has 4 heteroatoms. The quantitative estimate of drug-likeness (QED) is 0.830. The van der Waals surface area contributed by atoms with Crippen LogP contribution < -0.4 is 0 Å². The van der Waals surface area contributed by atoms with Gasteiger partial charge in [-0.05, 0) is 31.1 Å². The van der Waals surface area contributed by atoms with E-state index in [1.165, 1.54) is 12.1 Å². The molecule has 0 bridgehead atoms. The van der Waals surface area contributed by atoms with Gasteiger partial charge >= 0.3 is 5.97 Å². The molecule has 4 nitrogen and oxygen atoms in total. The van der Waals surface area contributed by atoms with Crippen LogP contribution in [-0.2, 0) is 9.53 Å². The van der Waals surface area contributed by atoms with Gasteiger partial charge in [0.25, 0.3) is 0 Å². The van der Waals surface area contributed by atoms with Crippen molar-refractivity contribution in [1.29, 1.82) is 0 Å². The Morgan fingerprint density at radius 1 is 1.32 bits per heavy atom. The molecule has 1 N–H and O–H groups in total. The average molecular weight is 260 g/mol. The van der Waals surface area contributed by atoms with Crippen molar-refractivity contribution in [3.63, 3.8) is 0 Å². The molecule has 1 aromatic carbocycles. The molecule has 1 aliphatic rings. The van der Waals surface area contributed by atoms with E-state index in [2.05, 4.69) is 0 Å². The molecule has 0 heterocycles. The molecule has 0 saturated heterocycles. The summed E-state index contributed by atoms with van der Waals surface area (Å²) < 4.78 is 5.37. The molecule has 2 rings (SSSR count). The third kappa shape index (κ3) is 3.68. The third-order valence-electron chi connectivity index (χ3n) is 3.05. The van der Waals surface area contributed by atoms with Crippen LogP contribution in [0.4, 0.5) is 0 Å². The summed E-state index contributed by atoms with van der Waals surface area (Å²) in [4.78, 5) is 23.1. The predicted molar refractivity (Wildman–Crippen MR) is 69.9 cm³/mol. The number of carbonyl (C=O) groups is 2. The second-order valence-corrected chi connectivity index (χ2v) is 4.54. The number of rotatable bonds is 2. The van der Waals surface area contributed by atoms with Gasteiger partial charge in [0.15, 0.2) is 5.78 Å². The van der Waals surface area contributed by atoms with Crippen LogP contribution in [0.3, 0.4) is 0 Å². The van der Waals surface area contributed by atoms with Crippen molar-refractivity contribution in [2.24, 2.45) is 0 Å². The predicted octanol–water partition coefficient (Wildman–Crippen LogP) is 2.62. The maximum absolute atomic E-state index is 11.9. The topological polar surface area (TPSA) is 63.6 Å². The van der Waals surface area contributed by atoms with Gasteiger partial charge in [0, 0.05) is 12.8 Å². The maximum atomic E-state index is 11.9. The second-order valence-electron chi connectivity index (χ2n) is 4.54. The van der Waals surface area contributed by atoms with E-state index in [1.807, 2.05) is 0 Å². The summed E-state index contributed by atoms with van der Waals surface area (Å²) in [6, 6.07) is 6.30. The summed E-state index contributed by atoms with van der Waals surface area (Å²) in [5.74, 6) is -0.488. The van der Waals surface area contributed by atoms with Gasteiger partial charge in [0.2, 0.25) is 0 Å². The van der Waals surface area contributed by atoms with Crippen molar-refractivity contribution >= 4 is 11.8 Å². The summed E-state index contributed by atoms with van der Waals surface area (Å²) in [5, 5.41) is 9.59. The van der Waals surface area contributed by atoms with Gasteiger partial charge in [-0.1, -0.05) is 18.2 Å². The van der Waals surface area contributed by atoms with E-state index >= 15 is 0 Å². The fourth-order valence-electron chi connectivity index (χ4n) is 2.02. The van der Waals surface area contributed by atoms with Crippen LogP contribution in [0, 0.1) is 0 Å². The molecule has 100 valence electrons. The highest BCUT2D eigenvalue weighted by Gasteiger charge is 2.18. The minimum atomic E-state index is -0.525. The molecular formula is C15H16O4. The van der Waals surface area contributed by atoms with Crippen LogP contribution >= 0.6 is 0 Å². The number of ketones is 1. The molecule has 0 aliphatic heterocycles. The zero-order chi connectivity index (χ0) is 13.7. The Morgan fingerprint density at radius 3 is 2.89 bits per heavy atom. The van der Waals surface area contributed by atoms with Crippen LogP contribution in [0.1, 0.15) is 36.0 Å². The van der Waals surface area contributed by atoms with Gasteiger partial charge in [-0.25, -0.2) is 4.79 Å². The fraction of sp³-hybridized carbons (Fsp3) is 0.333. The number of benzene rings is 1. The van der Waals surface area contributed by atoms with Gasteiger partial charge in [-0.15, -0.1) is 0 Å². The molecule has 1 unspecified atom stereocenters. The average Bonchev–Trinajstić information content (AvgIpc) is 2.36. The van der Waals surface area contributed by atoms with Crippen LogP contribution in [-0.4, -0.2) is 23.0 Å². The van der Waals surface area contributed by atoms with E-state index in [0.717, 1.165) is 0 Å². The molecule has 19 heavy (non-hydrogen) atoms. The normalized spacial score (nSPS) is 19.6. The molecular weight excluding hydrogens is 244 g/mol. The lowest BCUT2D eigenvalue weighted by atomic mass is 10.0. The van der Waals surface area contributed by atoms with Crippen molar-refractivity contribution in [1.82, 2.24) is 0 Å². The number of aromatic hydroxyl groups is 1. The molecule has 1 aromatic rings. The van der Waals surface area contributed by atoms with Crippen LogP contribution in [0.15, 0.2) is 36.4 Å². The summed E-state index contributed by atoms with van der Waals surface area (Å²) in [5.41, 5.74) is 0.171. The number of para-hydroxylation sites is 1. The number of phenolic OH excluding ortho intramolecular Hbond substituents is 1. The minimum Gasteiger partial charge on any atom is -0.507 e.